The second kappa shape index (κ2) is 11.0. The van der Waals surface area contributed by atoms with Gasteiger partial charge in [-0.2, -0.15) is 0 Å². The van der Waals surface area contributed by atoms with E-state index in [1.165, 1.54) is 0 Å². The molecule has 0 aromatic carbocycles. The summed E-state index contributed by atoms with van der Waals surface area (Å²) in [5.41, 5.74) is -1.05. The van der Waals surface area contributed by atoms with Crippen LogP contribution in [-0.4, -0.2) is 22.9 Å². The Hall–Kier alpha value is -1.06. The minimum atomic E-state index is -0.347. The lowest BCUT2D eigenvalue weighted by atomic mass is 9.68. The normalized spacial score (nSPS) is 13.1. The van der Waals surface area contributed by atoms with Crippen LogP contribution < -0.4 is 10.6 Å². The van der Waals surface area contributed by atoms with Crippen LogP contribution in [0.2, 0.25) is 0 Å². The van der Waals surface area contributed by atoms with Crippen molar-refractivity contribution in [3.8, 4) is 0 Å². The predicted octanol–water partition coefficient (Wildman–Crippen LogP) is 7.22. The number of hydrogen-bond donors (Lipinski definition) is 2. The molecule has 0 saturated heterocycles. The molecule has 0 spiro atoms. The maximum atomic E-state index is 12.0. The number of carbonyl (C=O) groups is 2. The first-order chi connectivity index (χ1) is 11.8. The standard InChI is InChI=1S/2C12H25NO.2CH4/c2*1-10(2,3)12(7,8)9(14)13-11(4,5)6;;/h2*1-8H3,(H,13,14);2*1H4. The molecule has 0 aromatic heterocycles. The van der Waals surface area contributed by atoms with E-state index < -0.39 is 0 Å². The Balaban J connectivity index is -0.000000211. The van der Waals surface area contributed by atoms with E-state index in [1.807, 2.05) is 69.2 Å². The SMILES string of the molecule is C.C.CC(C)(C)NC(=O)C(C)(C)C(C)(C)C.CC(C)(C)NC(=O)C(C)(C)C(C)(C)C. The third-order valence-corrected chi connectivity index (χ3v) is 5.86. The topological polar surface area (TPSA) is 58.2 Å². The average molecular weight is 431 g/mol. The fraction of sp³-hybridized carbons (Fsp3) is 0.923. The second-order valence-corrected chi connectivity index (χ2v) is 13.2. The molecule has 0 aromatic rings. The molecule has 0 fully saturated rings. The fourth-order valence-corrected chi connectivity index (χ4v) is 1.67. The first kappa shape index (κ1) is 36.3. The van der Waals surface area contributed by atoms with E-state index in [9.17, 15) is 9.59 Å². The summed E-state index contributed by atoms with van der Waals surface area (Å²) in [5, 5.41) is 6.05. The number of amides is 2. The summed E-state index contributed by atoms with van der Waals surface area (Å²) in [6, 6.07) is 0. The number of carbonyl (C=O) groups excluding carboxylic acids is 2. The van der Waals surface area contributed by atoms with Crippen molar-refractivity contribution in [1.29, 1.82) is 0 Å². The zero-order valence-corrected chi connectivity index (χ0v) is 21.8. The van der Waals surface area contributed by atoms with Crippen LogP contribution in [0.3, 0.4) is 0 Å². The Labute approximate surface area is 190 Å². The van der Waals surface area contributed by atoms with Gasteiger partial charge in [0, 0.05) is 21.9 Å². The molecule has 0 aliphatic carbocycles. The van der Waals surface area contributed by atoms with Gasteiger partial charge in [-0.15, -0.1) is 0 Å². The van der Waals surface area contributed by atoms with Crippen LogP contribution in [0.1, 0.15) is 126 Å². The van der Waals surface area contributed by atoms with Crippen molar-refractivity contribution in [1.82, 2.24) is 10.6 Å². The van der Waals surface area contributed by atoms with Crippen molar-refractivity contribution < 1.29 is 9.59 Å². The van der Waals surface area contributed by atoms with Gasteiger partial charge < -0.3 is 10.6 Å². The van der Waals surface area contributed by atoms with Crippen LogP contribution >= 0.6 is 0 Å². The molecule has 0 aliphatic rings. The smallest absolute Gasteiger partial charge is 0.226 e. The molecule has 0 radical (unpaired) electrons. The average Bonchev–Trinajstić information content (AvgIpc) is 2.32. The van der Waals surface area contributed by atoms with Crippen LogP contribution in [0.4, 0.5) is 0 Å². The second-order valence-electron chi connectivity index (χ2n) is 13.2. The van der Waals surface area contributed by atoms with Crippen LogP contribution in [0.25, 0.3) is 0 Å². The van der Waals surface area contributed by atoms with E-state index in [2.05, 4.69) is 52.2 Å². The third-order valence-electron chi connectivity index (χ3n) is 5.86. The molecule has 2 amide bonds. The number of rotatable bonds is 2. The highest BCUT2D eigenvalue weighted by Crippen LogP contribution is 2.39. The lowest BCUT2D eigenvalue weighted by molar-refractivity contribution is -0.137. The fourth-order valence-electron chi connectivity index (χ4n) is 1.67. The summed E-state index contributed by atoms with van der Waals surface area (Å²) in [5.74, 6) is 0.245. The van der Waals surface area contributed by atoms with Crippen LogP contribution in [0.15, 0.2) is 0 Å². The van der Waals surface area contributed by atoms with E-state index in [-0.39, 0.29) is 59.4 Å². The van der Waals surface area contributed by atoms with Crippen molar-refractivity contribution in [2.45, 2.75) is 137 Å². The summed E-state index contributed by atoms with van der Waals surface area (Å²) in [6.45, 7) is 32.6. The highest BCUT2D eigenvalue weighted by molar-refractivity contribution is 5.83. The highest BCUT2D eigenvalue weighted by atomic mass is 16.2. The van der Waals surface area contributed by atoms with Gasteiger partial charge in [0.1, 0.15) is 0 Å². The van der Waals surface area contributed by atoms with Gasteiger partial charge in [0.25, 0.3) is 0 Å². The van der Waals surface area contributed by atoms with Gasteiger partial charge >= 0.3 is 0 Å². The summed E-state index contributed by atoms with van der Waals surface area (Å²) in [6.07, 6.45) is 0. The molecule has 0 atom stereocenters. The molecule has 0 rings (SSSR count). The van der Waals surface area contributed by atoms with Crippen LogP contribution in [0, 0.1) is 21.7 Å². The van der Waals surface area contributed by atoms with Gasteiger partial charge in [0.05, 0.1) is 0 Å². The van der Waals surface area contributed by atoms with E-state index in [4.69, 9.17) is 0 Å². The van der Waals surface area contributed by atoms with Crippen molar-refractivity contribution >= 4 is 11.8 Å². The molecule has 0 bridgehead atoms. The first-order valence-corrected chi connectivity index (χ1v) is 10.4. The zero-order chi connectivity index (χ0) is 23.6. The number of nitrogens with one attached hydrogen (secondary N) is 2. The molecule has 0 unspecified atom stereocenters. The Morgan fingerprint density at radius 3 is 0.700 bits per heavy atom. The monoisotopic (exact) mass is 430 g/mol. The summed E-state index contributed by atoms with van der Waals surface area (Å²) in [7, 11) is 0. The molecule has 184 valence electrons. The molecule has 0 heterocycles. The Bertz CT molecular complexity index is 481. The van der Waals surface area contributed by atoms with Crippen molar-refractivity contribution in [2.75, 3.05) is 0 Å². The Morgan fingerprint density at radius 2 is 0.600 bits per heavy atom. The van der Waals surface area contributed by atoms with Crippen molar-refractivity contribution in [3.05, 3.63) is 0 Å². The maximum Gasteiger partial charge on any atom is 0.226 e. The first-order valence-electron chi connectivity index (χ1n) is 10.4. The predicted molar refractivity (Wildman–Crippen MR) is 136 cm³/mol. The molecule has 2 N–H and O–H groups in total. The highest BCUT2D eigenvalue weighted by Gasteiger charge is 2.41. The Kier molecular flexibility index (Phi) is 13.3. The molecule has 30 heavy (non-hydrogen) atoms. The summed E-state index contributed by atoms with van der Waals surface area (Å²) >= 11 is 0. The minimum absolute atomic E-state index is 0. The lowest BCUT2D eigenvalue weighted by Crippen LogP contribution is -2.51. The van der Waals surface area contributed by atoms with Crippen LogP contribution in [0.5, 0.6) is 0 Å². The van der Waals surface area contributed by atoms with E-state index in [0.29, 0.717) is 0 Å². The quantitative estimate of drug-likeness (QED) is 0.486. The van der Waals surface area contributed by atoms with Gasteiger partial charge in [-0.05, 0) is 52.4 Å². The van der Waals surface area contributed by atoms with E-state index in [0.717, 1.165) is 0 Å². The molecule has 4 nitrogen and oxygen atoms in total. The minimum Gasteiger partial charge on any atom is -0.351 e. The van der Waals surface area contributed by atoms with Gasteiger partial charge in [-0.25, -0.2) is 0 Å². The molecule has 0 aliphatic heterocycles. The lowest BCUT2D eigenvalue weighted by Gasteiger charge is -2.39. The third kappa shape index (κ3) is 12.0. The van der Waals surface area contributed by atoms with Gasteiger partial charge in [0.15, 0.2) is 0 Å². The van der Waals surface area contributed by atoms with Gasteiger partial charge in [-0.3, -0.25) is 9.59 Å². The summed E-state index contributed by atoms with van der Waals surface area (Å²) in [4.78, 5) is 24.0. The molecule has 0 saturated carbocycles. The molecular formula is C26H58N2O2. The maximum absolute atomic E-state index is 12.0. The number of hydrogen-bond acceptors (Lipinski definition) is 2. The van der Waals surface area contributed by atoms with E-state index >= 15 is 0 Å². The van der Waals surface area contributed by atoms with Gasteiger partial charge in [0.2, 0.25) is 11.8 Å². The van der Waals surface area contributed by atoms with Crippen molar-refractivity contribution in [2.24, 2.45) is 21.7 Å². The van der Waals surface area contributed by atoms with Crippen molar-refractivity contribution in [3.63, 3.8) is 0 Å². The zero-order valence-electron chi connectivity index (χ0n) is 21.8. The van der Waals surface area contributed by atoms with Gasteiger partial charge in [-0.1, -0.05) is 84.1 Å². The molecule has 4 heteroatoms. The Morgan fingerprint density at radius 1 is 0.433 bits per heavy atom. The molecular weight excluding hydrogens is 372 g/mol. The van der Waals surface area contributed by atoms with Crippen LogP contribution in [-0.2, 0) is 9.59 Å². The largest absolute Gasteiger partial charge is 0.351 e. The van der Waals surface area contributed by atoms with E-state index in [1.54, 1.807) is 0 Å². The summed E-state index contributed by atoms with van der Waals surface area (Å²) < 4.78 is 0.